The maximum atomic E-state index is 11.3. The van der Waals surface area contributed by atoms with Crippen molar-refractivity contribution in [2.75, 3.05) is 0 Å². The number of carbonyl (C=O) groups excluding carboxylic acids is 1. The largest absolute Gasteiger partial charge is 0.290 e. The Balaban J connectivity index is 1.63. The highest BCUT2D eigenvalue weighted by Crippen LogP contribution is 2.55. The number of hydrogen-bond acceptors (Lipinski definition) is 3. The van der Waals surface area contributed by atoms with Crippen LogP contribution in [0.5, 0.6) is 0 Å². The second-order valence-electron chi connectivity index (χ2n) is 6.21. The fourth-order valence-corrected chi connectivity index (χ4v) is 4.58. The number of hydrazine groups is 1. The Morgan fingerprint density at radius 2 is 1.71 bits per heavy atom. The van der Waals surface area contributed by atoms with Gasteiger partial charge in [-0.3, -0.25) is 10.2 Å². The SMILES string of the molecule is N#CCC(=O)NNC12CC3CC(CC(C3)C1)C2. The molecule has 0 aliphatic heterocycles. The van der Waals surface area contributed by atoms with Gasteiger partial charge in [-0.05, 0) is 56.3 Å². The van der Waals surface area contributed by atoms with Crippen molar-refractivity contribution >= 4 is 5.91 Å². The zero-order valence-corrected chi connectivity index (χ0v) is 10.0. The molecule has 0 aromatic rings. The topological polar surface area (TPSA) is 64.9 Å². The lowest BCUT2D eigenvalue weighted by molar-refractivity contribution is -0.123. The van der Waals surface area contributed by atoms with Crippen LogP contribution in [-0.2, 0) is 4.79 Å². The molecular weight excluding hydrogens is 214 g/mol. The maximum absolute atomic E-state index is 11.3. The molecule has 4 saturated carbocycles. The summed E-state index contributed by atoms with van der Waals surface area (Å²) in [5.74, 6) is 2.38. The number of amides is 1. The van der Waals surface area contributed by atoms with Gasteiger partial charge >= 0.3 is 0 Å². The van der Waals surface area contributed by atoms with Gasteiger partial charge in [-0.2, -0.15) is 5.26 Å². The first-order valence-electron chi connectivity index (χ1n) is 6.62. The zero-order valence-electron chi connectivity index (χ0n) is 10.0. The maximum Gasteiger partial charge on any atom is 0.248 e. The first-order chi connectivity index (χ1) is 8.19. The molecule has 0 heterocycles. The normalized spacial score (nSPS) is 42.2. The van der Waals surface area contributed by atoms with Crippen LogP contribution in [0.3, 0.4) is 0 Å². The fraction of sp³-hybridized carbons (Fsp3) is 0.846. The average Bonchev–Trinajstić information content (AvgIpc) is 2.25. The van der Waals surface area contributed by atoms with Crippen molar-refractivity contribution < 1.29 is 4.79 Å². The Hall–Kier alpha value is -1.08. The molecule has 0 saturated heterocycles. The van der Waals surface area contributed by atoms with Crippen LogP contribution in [0.25, 0.3) is 0 Å². The van der Waals surface area contributed by atoms with Gasteiger partial charge in [0, 0.05) is 5.54 Å². The molecule has 4 fully saturated rings. The van der Waals surface area contributed by atoms with E-state index in [1.165, 1.54) is 38.5 Å². The minimum atomic E-state index is -0.205. The molecule has 4 bridgehead atoms. The third-order valence-corrected chi connectivity index (χ3v) is 4.74. The van der Waals surface area contributed by atoms with Crippen molar-refractivity contribution in [3.63, 3.8) is 0 Å². The van der Waals surface area contributed by atoms with Crippen molar-refractivity contribution in [2.45, 2.75) is 50.5 Å². The molecule has 4 nitrogen and oxygen atoms in total. The Morgan fingerprint density at radius 1 is 1.18 bits per heavy atom. The van der Waals surface area contributed by atoms with Crippen molar-refractivity contribution in [3.8, 4) is 6.07 Å². The lowest BCUT2D eigenvalue weighted by atomic mass is 9.53. The summed E-state index contributed by atoms with van der Waals surface area (Å²) in [7, 11) is 0. The third kappa shape index (κ3) is 2.04. The van der Waals surface area contributed by atoms with Gasteiger partial charge in [0.05, 0.1) is 6.07 Å². The summed E-state index contributed by atoms with van der Waals surface area (Å²) in [4.78, 5) is 11.3. The number of nitriles is 1. The molecule has 4 rings (SSSR count). The highest BCUT2D eigenvalue weighted by atomic mass is 16.2. The molecule has 4 aliphatic carbocycles. The van der Waals surface area contributed by atoms with E-state index in [2.05, 4.69) is 10.9 Å². The molecule has 0 aromatic carbocycles. The van der Waals surface area contributed by atoms with Crippen LogP contribution < -0.4 is 10.9 Å². The number of nitrogens with zero attached hydrogens (tertiary/aromatic N) is 1. The fourth-order valence-electron chi connectivity index (χ4n) is 4.58. The van der Waals surface area contributed by atoms with E-state index in [-0.39, 0.29) is 17.9 Å². The van der Waals surface area contributed by atoms with Crippen LogP contribution in [0.2, 0.25) is 0 Å². The second kappa shape index (κ2) is 3.99. The van der Waals surface area contributed by atoms with E-state index in [1.807, 2.05) is 6.07 Å². The van der Waals surface area contributed by atoms with Crippen LogP contribution >= 0.6 is 0 Å². The molecule has 0 radical (unpaired) electrons. The highest BCUT2D eigenvalue weighted by Gasteiger charge is 2.50. The van der Waals surface area contributed by atoms with Gasteiger partial charge in [-0.15, -0.1) is 0 Å². The molecule has 0 spiro atoms. The number of nitrogens with one attached hydrogen (secondary N) is 2. The summed E-state index contributed by atoms with van der Waals surface area (Å²) in [6, 6.07) is 1.87. The summed E-state index contributed by atoms with van der Waals surface area (Å²) >= 11 is 0. The molecule has 92 valence electrons. The molecular formula is C13H19N3O. The molecule has 0 unspecified atom stereocenters. The van der Waals surface area contributed by atoms with Crippen molar-refractivity contribution in [3.05, 3.63) is 0 Å². The predicted octanol–water partition coefficient (Wildman–Crippen LogP) is 1.49. The summed E-state index contributed by atoms with van der Waals surface area (Å²) in [6.07, 6.45) is 7.73. The summed E-state index contributed by atoms with van der Waals surface area (Å²) in [6.45, 7) is 0. The average molecular weight is 233 g/mol. The van der Waals surface area contributed by atoms with E-state index >= 15 is 0 Å². The van der Waals surface area contributed by atoms with Crippen molar-refractivity contribution in [2.24, 2.45) is 17.8 Å². The van der Waals surface area contributed by atoms with E-state index in [4.69, 9.17) is 5.26 Å². The quantitative estimate of drug-likeness (QED) is 0.726. The van der Waals surface area contributed by atoms with Gasteiger partial charge in [-0.1, -0.05) is 0 Å². The van der Waals surface area contributed by atoms with E-state index in [9.17, 15) is 4.79 Å². The Kier molecular flexibility index (Phi) is 2.59. The molecule has 0 aromatic heterocycles. The Morgan fingerprint density at radius 3 is 2.18 bits per heavy atom. The molecule has 4 aliphatic rings. The second-order valence-corrected chi connectivity index (χ2v) is 6.21. The number of carbonyl (C=O) groups is 1. The van der Waals surface area contributed by atoms with Gasteiger partial charge in [0.25, 0.3) is 0 Å². The summed E-state index contributed by atoms with van der Waals surface area (Å²) in [5, 5.41) is 8.46. The first-order valence-corrected chi connectivity index (χ1v) is 6.62. The lowest BCUT2D eigenvalue weighted by Crippen LogP contribution is -2.62. The van der Waals surface area contributed by atoms with Crippen LogP contribution in [-0.4, -0.2) is 11.4 Å². The van der Waals surface area contributed by atoms with Gasteiger partial charge in [0.15, 0.2) is 0 Å². The predicted molar refractivity (Wildman–Crippen MR) is 62.4 cm³/mol. The summed E-state index contributed by atoms with van der Waals surface area (Å²) < 4.78 is 0. The Bertz CT molecular complexity index is 336. The van der Waals surface area contributed by atoms with Gasteiger partial charge in [0.2, 0.25) is 5.91 Å². The number of rotatable bonds is 3. The van der Waals surface area contributed by atoms with Gasteiger partial charge < -0.3 is 0 Å². The van der Waals surface area contributed by atoms with Crippen LogP contribution in [0, 0.1) is 29.1 Å². The van der Waals surface area contributed by atoms with Gasteiger partial charge in [-0.25, -0.2) is 5.43 Å². The minimum absolute atomic E-state index is 0.0562. The molecule has 1 amide bonds. The van der Waals surface area contributed by atoms with Crippen molar-refractivity contribution in [1.82, 2.24) is 10.9 Å². The monoisotopic (exact) mass is 233 g/mol. The lowest BCUT2D eigenvalue weighted by Gasteiger charge is -2.56. The molecule has 2 N–H and O–H groups in total. The smallest absolute Gasteiger partial charge is 0.248 e. The van der Waals surface area contributed by atoms with E-state index < -0.39 is 0 Å². The third-order valence-electron chi connectivity index (χ3n) is 4.74. The zero-order chi connectivity index (χ0) is 11.9. The molecule has 0 atom stereocenters. The summed E-state index contributed by atoms with van der Waals surface area (Å²) in [5.41, 5.74) is 6.13. The first kappa shape index (κ1) is 11.0. The highest BCUT2D eigenvalue weighted by molar-refractivity contribution is 5.77. The standard InChI is InChI=1S/C13H19N3O/c14-2-1-12(17)15-16-13-6-9-3-10(7-13)5-11(4-9)8-13/h9-11,16H,1,3-8H2,(H,15,17). The minimum Gasteiger partial charge on any atom is -0.290 e. The van der Waals surface area contributed by atoms with E-state index in [1.54, 1.807) is 0 Å². The van der Waals surface area contributed by atoms with E-state index in [0.29, 0.717) is 0 Å². The van der Waals surface area contributed by atoms with Crippen LogP contribution in [0.4, 0.5) is 0 Å². The van der Waals surface area contributed by atoms with Crippen LogP contribution in [0.15, 0.2) is 0 Å². The van der Waals surface area contributed by atoms with Gasteiger partial charge in [0.1, 0.15) is 6.42 Å². The molecule has 4 heteroatoms. The van der Waals surface area contributed by atoms with Crippen molar-refractivity contribution in [1.29, 1.82) is 5.26 Å². The molecule has 17 heavy (non-hydrogen) atoms. The van der Waals surface area contributed by atoms with E-state index in [0.717, 1.165) is 17.8 Å². The Labute approximate surface area is 102 Å². The van der Waals surface area contributed by atoms with Crippen LogP contribution in [0.1, 0.15) is 44.9 Å². The number of hydrogen-bond donors (Lipinski definition) is 2.